The van der Waals surface area contributed by atoms with Crippen LogP contribution >= 0.6 is 0 Å². The second kappa shape index (κ2) is 4.33. The zero-order chi connectivity index (χ0) is 11.5. The van der Waals surface area contributed by atoms with Gasteiger partial charge in [-0.2, -0.15) is 0 Å². The molecule has 4 N–H and O–H groups in total. The highest BCUT2D eigenvalue weighted by molar-refractivity contribution is 5.83. The van der Waals surface area contributed by atoms with Gasteiger partial charge in [0.1, 0.15) is 0 Å². The van der Waals surface area contributed by atoms with Crippen molar-refractivity contribution >= 4 is 16.7 Å². The van der Waals surface area contributed by atoms with Crippen molar-refractivity contribution in [2.45, 2.75) is 12.5 Å². The van der Waals surface area contributed by atoms with Crippen LogP contribution in [0.15, 0.2) is 42.5 Å². The van der Waals surface area contributed by atoms with E-state index in [9.17, 15) is 4.79 Å². The summed E-state index contributed by atoms with van der Waals surface area (Å²) in [6, 6.07) is 13.7. The minimum absolute atomic E-state index is 0.179. The highest BCUT2D eigenvalue weighted by atomic mass is 16.1. The summed E-state index contributed by atoms with van der Waals surface area (Å²) < 4.78 is 0. The second-order valence-corrected chi connectivity index (χ2v) is 3.88. The molecule has 0 aromatic heterocycles. The molecule has 0 aliphatic heterocycles. The standard InChI is InChI=1S/C13H14N2O/c14-12(8-13(15)16)11-6-5-9-3-1-2-4-10(9)7-11/h1-7,12H,8,14H2,(H2,15,16). The van der Waals surface area contributed by atoms with Crippen LogP contribution in [0, 0.1) is 0 Å². The number of fused-ring (bicyclic) bond motifs is 1. The SMILES string of the molecule is NC(=O)CC(N)c1ccc2ccccc2c1. The van der Waals surface area contributed by atoms with E-state index in [0.717, 1.165) is 16.3 Å². The van der Waals surface area contributed by atoms with Gasteiger partial charge in [0.25, 0.3) is 0 Å². The molecule has 2 aromatic rings. The fourth-order valence-corrected chi connectivity index (χ4v) is 1.77. The first-order valence-electron chi connectivity index (χ1n) is 5.19. The summed E-state index contributed by atoms with van der Waals surface area (Å²) >= 11 is 0. The van der Waals surface area contributed by atoms with E-state index in [1.807, 2.05) is 42.5 Å². The molecule has 1 unspecified atom stereocenters. The van der Waals surface area contributed by atoms with Crippen LogP contribution in [0.1, 0.15) is 18.0 Å². The maximum atomic E-state index is 10.8. The third-order valence-corrected chi connectivity index (χ3v) is 2.62. The number of rotatable bonds is 3. The van der Waals surface area contributed by atoms with E-state index < -0.39 is 0 Å². The van der Waals surface area contributed by atoms with Crippen LogP contribution in [0.2, 0.25) is 0 Å². The normalized spacial score (nSPS) is 12.6. The minimum atomic E-state index is -0.374. The lowest BCUT2D eigenvalue weighted by atomic mass is 10.0. The number of benzene rings is 2. The summed E-state index contributed by atoms with van der Waals surface area (Å²) in [7, 11) is 0. The Morgan fingerprint density at radius 2 is 1.81 bits per heavy atom. The molecule has 0 bridgehead atoms. The molecule has 0 heterocycles. The lowest BCUT2D eigenvalue weighted by molar-refractivity contribution is -0.118. The summed E-state index contributed by atoms with van der Waals surface area (Å²) in [5.41, 5.74) is 12.0. The van der Waals surface area contributed by atoms with Crippen molar-refractivity contribution in [1.82, 2.24) is 0 Å². The number of nitrogens with two attached hydrogens (primary N) is 2. The van der Waals surface area contributed by atoms with Crippen LogP contribution in [0.5, 0.6) is 0 Å². The predicted molar refractivity (Wildman–Crippen MR) is 64.7 cm³/mol. The van der Waals surface area contributed by atoms with Gasteiger partial charge >= 0.3 is 0 Å². The molecule has 1 atom stereocenters. The van der Waals surface area contributed by atoms with E-state index in [4.69, 9.17) is 11.5 Å². The molecule has 3 nitrogen and oxygen atoms in total. The first-order valence-corrected chi connectivity index (χ1v) is 5.19. The number of hydrogen-bond acceptors (Lipinski definition) is 2. The molecule has 0 fully saturated rings. The van der Waals surface area contributed by atoms with E-state index in [-0.39, 0.29) is 18.4 Å². The van der Waals surface area contributed by atoms with Crippen molar-refractivity contribution < 1.29 is 4.79 Å². The molecule has 0 saturated carbocycles. The van der Waals surface area contributed by atoms with Crippen molar-refractivity contribution in [1.29, 1.82) is 0 Å². The van der Waals surface area contributed by atoms with E-state index in [1.165, 1.54) is 0 Å². The lowest BCUT2D eigenvalue weighted by Crippen LogP contribution is -2.20. The number of amides is 1. The average Bonchev–Trinajstić information content (AvgIpc) is 2.27. The Morgan fingerprint density at radius 3 is 2.50 bits per heavy atom. The maximum Gasteiger partial charge on any atom is 0.219 e. The van der Waals surface area contributed by atoms with Gasteiger partial charge in [0.2, 0.25) is 5.91 Å². The van der Waals surface area contributed by atoms with Gasteiger partial charge in [0.05, 0.1) is 0 Å². The van der Waals surface area contributed by atoms with Crippen molar-refractivity contribution in [2.24, 2.45) is 11.5 Å². The molecule has 0 saturated heterocycles. The summed E-state index contributed by atoms with van der Waals surface area (Å²) in [6.45, 7) is 0. The van der Waals surface area contributed by atoms with Crippen LogP contribution in [-0.4, -0.2) is 5.91 Å². The van der Waals surface area contributed by atoms with Crippen LogP contribution in [0.4, 0.5) is 0 Å². The minimum Gasteiger partial charge on any atom is -0.370 e. The Hall–Kier alpha value is -1.87. The molecule has 3 heteroatoms. The van der Waals surface area contributed by atoms with Gasteiger partial charge in [0, 0.05) is 12.5 Å². The summed E-state index contributed by atoms with van der Waals surface area (Å²) in [5, 5.41) is 2.29. The van der Waals surface area contributed by atoms with Gasteiger partial charge in [-0.1, -0.05) is 36.4 Å². The van der Waals surface area contributed by atoms with Gasteiger partial charge in [-0.05, 0) is 22.4 Å². The Balaban J connectivity index is 2.35. The monoisotopic (exact) mass is 214 g/mol. The third kappa shape index (κ3) is 2.20. The highest BCUT2D eigenvalue weighted by Crippen LogP contribution is 2.20. The van der Waals surface area contributed by atoms with Crippen molar-refractivity contribution in [2.75, 3.05) is 0 Å². The summed E-state index contributed by atoms with van der Waals surface area (Å²) in [5.74, 6) is -0.374. The number of carbonyl (C=O) groups is 1. The van der Waals surface area contributed by atoms with E-state index in [2.05, 4.69) is 0 Å². The number of hydrogen-bond donors (Lipinski definition) is 2. The number of carbonyl (C=O) groups excluding carboxylic acids is 1. The molecule has 16 heavy (non-hydrogen) atoms. The fourth-order valence-electron chi connectivity index (χ4n) is 1.77. The molecule has 1 amide bonds. The highest BCUT2D eigenvalue weighted by Gasteiger charge is 2.09. The molecule has 2 rings (SSSR count). The summed E-state index contributed by atoms with van der Waals surface area (Å²) in [4.78, 5) is 10.8. The Bertz CT molecular complexity index is 522. The molecule has 0 radical (unpaired) electrons. The van der Waals surface area contributed by atoms with Gasteiger partial charge < -0.3 is 11.5 Å². The molecule has 0 aliphatic rings. The largest absolute Gasteiger partial charge is 0.370 e. The van der Waals surface area contributed by atoms with Crippen LogP contribution in [0.3, 0.4) is 0 Å². The fraction of sp³-hybridized carbons (Fsp3) is 0.154. The molecular weight excluding hydrogens is 200 g/mol. The molecule has 0 aliphatic carbocycles. The maximum absolute atomic E-state index is 10.8. The van der Waals surface area contributed by atoms with E-state index in [0.29, 0.717) is 0 Å². The number of primary amides is 1. The van der Waals surface area contributed by atoms with Gasteiger partial charge in [0.15, 0.2) is 0 Å². The van der Waals surface area contributed by atoms with E-state index >= 15 is 0 Å². The van der Waals surface area contributed by atoms with Crippen molar-refractivity contribution in [3.63, 3.8) is 0 Å². The molecular formula is C13H14N2O. The Morgan fingerprint density at radius 1 is 1.12 bits per heavy atom. The van der Waals surface area contributed by atoms with Crippen LogP contribution in [-0.2, 0) is 4.79 Å². The molecule has 82 valence electrons. The topological polar surface area (TPSA) is 69.1 Å². The summed E-state index contributed by atoms with van der Waals surface area (Å²) in [6.07, 6.45) is 0.179. The predicted octanol–water partition coefficient (Wildman–Crippen LogP) is 1.72. The Labute approximate surface area is 94.0 Å². The van der Waals surface area contributed by atoms with Crippen LogP contribution in [0.25, 0.3) is 10.8 Å². The zero-order valence-corrected chi connectivity index (χ0v) is 8.89. The van der Waals surface area contributed by atoms with Crippen molar-refractivity contribution in [3.05, 3.63) is 48.0 Å². The van der Waals surface area contributed by atoms with Crippen LogP contribution < -0.4 is 11.5 Å². The van der Waals surface area contributed by atoms with Gasteiger partial charge in [-0.3, -0.25) is 4.79 Å². The first-order chi connectivity index (χ1) is 7.66. The lowest BCUT2D eigenvalue weighted by Gasteiger charge is -2.10. The van der Waals surface area contributed by atoms with E-state index in [1.54, 1.807) is 0 Å². The smallest absolute Gasteiger partial charge is 0.219 e. The average molecular weight is 214 g/mol. The van der Waals surface area contributed by atoms with Gasteiger partial charge in [-0.15, -0.1) is 0 Å². The molecule has 0 spiro atoms. The molecule has 2 aromatic carbocycles. The zero-order valence-electron chi connectivity index (χ0n) is 8.89. The Kier molecular flexibility index (Phi) is 2.88. The van der Waals surface area contributed by atoms with Crippen molar-refractivity contribution in [3.8, 4) is 0 Å². The third-order valence-electron chi connectivity index (χ3n) is 2.62. The van der Waals surface area contributed by atoms with Gasteiger partial charge in [-0.25, -0.2) is 0 Å². The quantitative estimate of drug-likeness (QED) is 0.816. The first kappa shape index (κ1) is 10.6. The second-order valence-electron chi connectivity index (χ2n) is 3.88.